The quantitative estimate of drug-likeness (QED) is 0.755. The highest BCUT2D eigenvalue weighted by Gasteiger charge is 2.18. The van der Waals surface area contributed by atoms with Gasteiger partial charge in [0.15, 0.2) is 5.13 Å². The standard InChI is InChI=1S/C11H20N4O2S2/c1-11(2,3)15-10-14-8(12)7(18-10)9(16)13-5-6-19(4)17/h5-6,12H2,1-4H3,(H,13,16)(H,14,15). The van der Waals surface area contributed by atoms with Gasteiger partial charge in [0.05, 0.1) is 0 Å². The molecule has 0 saturated heterocycles. The average Bonchev–Trinajstić information content (AvgIpc) is 2.55. The summed E-state index contributed by atoms with van der Waals surface area (Å²) in [5.74, 6) is 0.367. The van der Waals surface area contributed by atoms with Gasteiger partial charge in [0.2, 0.25) is 0 Å². The second-order valence-electron chi connectivity index (χ2n) is 5.14. The van der Waals surface area contributed by atoms with Crippen LogP contribution in [-0.2, 0) is 10.8 Å². The minimum absolute atomic E-state index is 0.142. The summed E-state index contributed by atoms with van der Waals surface area (Å²) in [4.78, 5) is 16.4. The molecule has 1 heterocycles. The van der Waals surface area contributed by atoms with Crippen LogP contribution in [0.25, 0.3) is 0 Å². The van der Waals surface area contributed by atoms with Crippen molar-refractivity contribution in [2.75, 3.05) is 29.6 Å². The Morgan fingerprint density at radius 3 is 2.63 bits per heavy atom. The number of hydrogen-bond acceptors (Lipinski definition) is 6. The lowest BCUT2D eigenvalue weighted by atomic mass is 10.1. The molecule has 0 radical (unpaired) electrons. The number of carbonyl (C=O) groups is 1. The van der Waals surface area contributed by atoms with Crippen LogP contribution >= 0.6 is 11.3 Å². The van der Waals surface area contributed by atoms with E-state index in [0.29, 0.717) is 22.3 Å². The third-order valence-corrected chi connectivity index (χ3v) is 3.78. The van der Waals surface area contributed by atoms with Crippen LogP contribution in [0.2, 0.25) is 0 Å². The van der Waals surface area contributed by atoms with E-state index in [-0.39, 0.29) is 17.3 Å². The molecule has 6 nitrogen and oxygen atoms in total. The van der Waals surface area contributed by atoms with Crippen LogP contribution in [0, 0.1) is 0 Å². The summed E-state index contributed by atoms with van der Waals surface area (Å²) in [7, 11) is -0.922. The third-order valence-electron chi connectivity index (χ3n) is 2.02. The Labute approximate surface area is 119 Å². The summed E-state index contributed by atoms with van der Waals surface area (Å²) >= 11 is 1.22. The molecular formula is C11H20N4O2S2. The Morgan fingerprint density at radius 2 is 2.11 bits per heavy atom. The Bertz CT molecular complexity index is 480. The van der Waals surface area contributed by atoms with Gasteiger partial charge in [0.25, 0.3) is 5.91 Å². The summed E-state index contributed by atoms with van der Waals surface area (Å²) in [5, 5.41) is 6.47. The molecule has 0 aliphatic carbocycles. The number of thiazole rings is 1. The third kappa shape index (κ3) is 5.56. The number of nitrogen functional groups attached to an aromatic ring is 1. The first kappa shape index (κ1) is 15.9. The van der Waals surface area contributed by atoms with E-state index in [1.165, 1.54) is 11.3 Å². The van der Waals surface area contributed by atoms with Crippen LogP contribution in [0.15, 0.2) is 0 Å². The van der Waals surface area contributed by atoms with E-state index in [9.17, 15) is 9.00 Å². The van der Waals surface area contributed by atoms with Crippen molar-refractivity contribution >= 4 is 39.0 Å². The molecule has 0 aliphatic rings. The molecule has 1 aromatic rings. The summed E-state index contributed by atoms with van der Waals surface area (Å²) in [6.07, 6.45) is 1.60. The Morgan fingerprint density at radius 1 is 1.47 bits per heavy atom. The van der Waals surface area contributed by atoms with E-state index < -0.39 is 10.8 Å². The fourth-order valence-corrected chi connectivity index (χ4v) is 2.66. The van der Waals surface area contributed by atoms with Crippen LogP contribution < -0.4 is 16.4 Å². The van der Waals surface area contributed by atoms with E-state index in [2.05, 4.69) is 15.6 Å². The van der Waals surface area contributed by atoms with Crippen molar-refractivity contribution in [2.24, 2.45) is 0 Å². The van der Waals surface area contributed by atoms with Gasteiger partial charge in [-0.25, -0.2) is 4.98 Å². The number of nitrogens with one attached hydrogen (secondary N) is 2. The molecule has 0 spiro atoms. The van der Waals surface area contributed by atoms with E-state index in [0.717, 1.165) is 0 Å². The highest BCUT2D eigenvalue weighted by Crippen LogP contribution is 2.26. The molecule has 0 aromatic carbocycles. The SMILES string of the molecule is CS(=O)CCNC(=O)c1sc(NC(C)(C)C)nc1N. The molecular weight excluding hydrogens is 284 g/mol. The van der Waals surface area contributed by atoms with Crippen LogP contribution in [0.4, 0.5) is 10.9 Å². The van der Waals surface area contributed by atoms with E-state index in [1.807, 2.05) is 20.8 Å². The second-order valence-corrected chi connectivity index (χ2v) is 7.70. The molecule has 0 aliphatic heterocycles. The molecule has 1 rings (SSSR count). The van der Waals surface area contributed by atoms with Gasteiger partial charge in [0, 0.05) is 34.9 Å². The Kier molecular flexibility index (Phi) is 5.30. The molecule has 4 N–H and O–H groups in total. The molecule has 19 heavy (non-hydrogen) atoms. The highest BCUT2D eigenvalue weighted by atomic mass is 32.2. The van der Waals surface area contributed by atoms with Gasteiger partial charge in [-0.3, -0.25) is 9.00 Å². The molecule has 0 fully saturated rings. The number of rotatable bonds is 5. The number of anilines is 2. The zero-order valence-corrected chi connectivity index (χ0v) is 13.2. The number of hydrogen-bond donors (Lipinski definition) is 3. The maximum absolute atomic E-state index is 11.9. The number of aromatic nitrogens is 1. The zero-order chi connectivity index (χ0) is 14.6. The number of nitrogens with two attached hydrogens (primary N) is 1. The molecule has 0 bridgehead atoms. The van der Waals surface area contributed by atoms with Gasteiger partial charge >= 0.3 is 0 Å². The maximum Gasteiger partial charge on any atom is 0.265 e. The van der Waals surface area contributed by atoms with Crippen LogP contribution in [-0.4, -0.2) is 39.2 Å². The monoisotopic (exact) mass is 304 g/mol. The average molecular weight is 304 g/mol. The van der Waals surface area contributed by atoms with E-state index >= 15 is 0 Å². The second kappa shape index (κ2) is 6.33. The van der Waals surface area contributed by atoms with Gasteiger partial charge in [0.1, 0.15) is 10.7 Å². The lowest BCUT2D eigenvalue weighted by molar-refractivity contribution is 0.0961. The minimum atomic E-state index is -0.922. The van der Waals surface area contributed by atoms with Gasteiger partial charge < -0.3 is 16.4 Å². The number of amides is 1. The van der Waals surface area contributed by atoms with E-state index in [1.54, 1.807) is 6.26 Å². The van der Waals surface area contributed by atoms with Crippen molar-refractivity contribution in [3.63, 3.8) is 0 Å². The fraction of sp³-hybridized carbons (Fsp3) is 0.636. The normalized spacial score (nSPS) is 13.1. The topological polar surface area (TPSA) is 97.1 Å². The fourth-order valence-electron chi connectivity index (χ4n) is 1.26. The van der Waals surface area contributed by atoms with Crippen molar-refractivity contribution in [1.29, 1.82) is 0 Å². The number of carbonyl (C=O) groups excluding carboxylic acids is 1. The molecule has 8 heteroatoms. The first-order chi connectivity index (χ1) is 8.69. The molecule has 1 atom stereocenters. The smallest absolute Gasteiger partial charge is 0.265 e. The van der Waals surface area contributed by atoms with E-state index in [4.69, 9.17) is 5.73 Å². The van der Waals surface area contributed by atoms with Crippen molar-refractivity contribution in [1.82, 2.24) is 10.3 Å². The van der Waals surface area contributed by atoms with Crippen molar-refractivity contribution in [3.05, 3.63) is 4.88 Å². The minimum Gasteiger partial charge on any atom is -0.382 e. The lowest BCUT2D eigenvalue weighted by Gasteiger charge is -2.19. The van der Waals surface area contributed by atoms with Gasteiger partial charge in [-0.05, 0) is 20.8 Å². The Balaban J connectivity index is 2.67. The van der Waals surface area contributed by atoms with Crippen LogP contribution in [0.5, 0.6) is 0 Å². The maximum atomic E-state index is 11.9. The molecule has 1 aromatic heterocycles. The van der Waals surface area contributed by atoms with Crippen molar-refractivity contribution < 1.29 is 9.00 Å². The van der Waals surface area contributed by atoms with Gasteiger partial charge in [-0.1, -0.05) is 11.3 Å². The first-order valence-electron chi connectivity index (χ1n) is 5.82. The zero-order valence-electron chi connectivity index (χ0n) is 11.6. The predicted molar refractivity (Wildman–Crippen MR) is 81.2 cm³/mol. The molecule has 1 amide bonds. The van der Waals surface area contributed by atoms with Crippen LogP contribution in [0.3, 0.4) is 0 Å². The van der Waals surface area contributed by atoms with Gasteiger partial charge in [-0.15, -0.1) is 0 Å². The first-order valence-corrected chi connectivity index (χ1v) is 8.36. The highest BCUT2D eigenvalue weighted by molar-refractivity contribution is 7.84. The molecule has 1 unspecified atom stereocenters. The summed E-state index contributed by atoms with van der Waals surface area (Å²) in [6, 6.07) is 0. The van der Waals surface area contributed by atoms with Crippen molar-refractivity contribution in [3.8, 4) is 0 Å². The number of nitrogens with zero attached hydrogens (tertiary/aromatic N) is 1. The molecule has 0 saturated carbocycles. The lowest BCUT2D eigenvalue weighted by Crippen LogP contribution is -2.27. The summed E-state index contributed by atoms with van der Waals surface area (Å²) < 4.78 is 10.9. The van der Waals surface area contributed by atoms with Gasteiger partial charge in [-0.2, -0.15) is 0 Å². The summed E-state index contributed by atoms with van der Waals surface area (Å²) in [6.45, 7) is 6.37. The molecule has 108 valence electrons. The van der Waals surface area contributed by atoms with Crippen molar-refractivity contribution in [2.45, 2.75) is 26.3 Å². The van der Waals surface area contributed by atoms with Crippen LogP contribution in [0.1, 0.15) is 30.4 Å². The predicted octanol–water partition coefficient (Wildman–Crippen LogP) is 1.04. The largest absolute Gasteiger partial charge is 0.382 e. The summed E-state index contributed by atoms with van der Waals surface area (Å²) in [5.41, 5.74) is 5.59. The Hall–Kier alpha value is -1.15.